The third kappa shape index (κ3) is 6.50. The number of allylic oxidation sites excluding steroid dienone is 1. The van der Waals surface area contributed by atoms with Crippen LogP contribution in [0.25, 0.3) is 0 Å². The van der Waals surface area contributed by atoms with Gasteiger partial charge < -0.3 is 18.9 Å². The molecular formula is C37H41NO9. The average molecular weight is 644 g/mol. The fourth-order valence-electron chi connectivity index (χ4n) is 7.55. The van der Waals surface area contributed by atoms with E-state index >= 15 is 0 Å². The number of rotatable bonds is 6. The van der Waals surface area contributed by atoms with Gasteiger partial charge in [0.15, 0.2) is 5.60 Å². The van der Waals surface area contributed by atoms with Gasteiger partial charge in [0.05, 0.1) is 17.0 Å². The Bertz CT molecular complexity index is 1610. The zero-order valence-corrected chi connectivity index (χ0v) is 27.6. The summed E-state index contributed by atoms with van der Waals surface area (Å²) in [4.78, 5) is 71.2. The number of ketones is 1. The standard InChI is InChI=1S/C37H41NO9/c1-20-16-27-28(36(27,6)7)17-29(45-35(43)26-14-11-15-38-19-26)22(3)32(44-23(4)39)30-31(46-34(42)25-12-9-8-10-13-25)21(2)18-37(30,33(20)41)47-24(5)40/h8-16,19,21,27-32H,3,17-18H2,1-2,4-7H3/t21-,27+,28-,29+,30+,31-,32-,37+/m0/s1. The van der Waals surface area contributed by atoms with E-state index in [1.165, 1.54) is 26.2 Å². The second-order valence-electron chi connectivity index (χ2n) is 13.5. The zero-order chi connectivity index (χ0) is 34.3. The highest BCUT2D eigenvalue weighted by molar-refractivity contribution is 6.03. The Morgan fingerprint density at radius 3 is 2.19 bits per heavy atom. The molecule has 3 aliphatic rings. The lowest BCUT2D eigenvalue weighted by Crippen LogP contribution is -2.55. The maximum atomic E-state index is 14.7. The van der Waals surface area contributed by atoms with Crippen LogP contribution in [0.15, 0.2) is 78.7 Å². The van der Waals surface area contributed by atoms with E-state index in [9.17, 15) is 24.0 Å². The first-order valence-electron chi connectivity index (χ1n) is 15.8. The molecule has 10 nitrogen and oxygen atoms in total. The number of ether oxygens (including phenoxy) is 4. The molecule has 3 aliphatic carbocycles. The summed E-state index contributed by atoms with van der Waals surface area (Å²) in [5.74, 6) is -5.08. The van der Waals surface area contributed by atoms with Crippen LogP contribution in [-0.4, -0.2) is 58.6 Å². The Morgan fingerprint density at radius 2 is 1.57 bits per heavy atom. The zero-order valence-electron chi connectivity index (χ0n) is 27.6. The molecule has 0 N–H and O–H groups in total. The van der Waals surface area contributed by atoms with Gasteiger partial charge in [0, 0.05) is 38.2 Å². The Morgan fingerprint density at radius 1 is 0.915 bits per heavy atom. The molecule has 0 amide bonds. The van der Waals surface area contributed by atoms with Crippen LogP contribution in [0.1, 0.15) is 75.1 Å². The summed E-state index contributed by atoms with van der Waals surface area (Å²) in [7, 11) is 0. The number of benzene rings is 1. The van der Waals surface area contributed by atoms with Crippen molar-refractivity contribution < 1.29 is 42.9 Å². The molecule has 0 bridgehead atoms. The van der Waals surface area contributed by atoms with E-state index in [1.807, 2.05) is 6.08 Å². The van der Waals surface area contributed by atoms with Crippen molar-refractivity contribution in [1.29, 1.82) is 0 Å². The van der Waals surface area contributed by atoms with E-state index in [0.29, 0.717) is 12.0 Å². The minimum Gasteiger partial charge on any atom is -0.458 e. The molecule has 0 aliphatic heterocycles. The van der Waals surface area contributed by atoms with Crippen molar-refractivity contribution in [1.82, 2.24) is 4.98 Å². The van der Waals surface area contributed by atoms with Gasteiger partial charge in [-0.2, -0.15) is 0 Å². The van der Waals surface area contributed by atoms with E-state index in [2.05, 4.69) is 25.4 Å². The minimum absolute atomic E-state index is 0.0172. The van der Waals surface area contributed by atoms with Gasteiger partial charge in [-0.1, -0.05) is 51.6 Å². The Balaban J connectivity index is 1.68. The van der Waals surface area contributed by atoms with Gasteiger partial charge in [-0.15, -0.1) is 0 Å². The molecule has 2 fully saturated rings. The molecule has 0 unspecified atom stereocenters. The Hall–Kier alpha value is -4.60. The van der Waals surface area contributed by atoms with Gasteiger partial charge in [0.25, 0.3) is 0 Å². The predicted octanol–water partition coefficient (Wildman–Crippen LogP) is 5.47. The van der Waals surface area contributed by atoms with Crippen LogP contribution < -0.4 is 0 Å². The number of aromatic nitrogens is 1. The molecular weight excluding hydrogens is 602 g/mol. The maximum absolute atomic E-state index is 14.7. The molecule has 1 heterocycles. The monoisotopic (exact) mass is 643 g/mol. The van der Waals surface area contributed by atoms with Gasteiger partial charge in [-0.25, -0.2) is 9.59 Å². The molecule has 8 atom stereocenters. The van der Waals surface area contributed by atoms with Gasteiger partial charge in [0.1, 0.15) is 18.3 Å². The third-order valence-corrected chi connectivity index (χ3v) is 9.98. The highest BCUT2D eigenvalue weighted by Crippen LogP contribution is 2.63. The first kappa shape index (κ1) is 33.8. The van der Waals surface area contributed by atoms with Crippen molar-refractivity contribution in [2.75, 3.05) is 0 Å². The molecule has 1 aromatic heterocycles. The number of hydrogen-bond acceptors (Lipinski definition) is 10. The number of hydrogen-bond donors (Lipinski definition) is 0. The molecule has 10 heteroatoms. The topological polar surface area (TPSA) is 135 Å². The number of nitrogens with zero attached hydrogens (tertiary/aromatic N) is 1. The maximum Gasteiger partial charge on any atom is 0.340 e. The van der Waals surface area contributed by atoms with Crippen LogP contribution in [0.5, 0.6) is 0 Å². The van der Waals surface area contributed by atoms with Crippen LogP contribution in [0, 0.1) is 29.1 Å². The van der Waals surface area contributed by atoms with Crippen molar-refractivity contribution >= 4 is 29.7 Å². The summed E-state index contributed by atoms with van der Waals surface area (Å²) < 4.78 is 24.2. The summed E-state index contributed by atoms with van der Waals surface area (Å²) >= 11 is 0. The van der Waals surface area contributed by atoms with Crippen LogP contribution in [-0.2, 0) is 33.3 Å². The molecule has 5 rings (SSSR count). The Labute approximate surface area is 274 Å². The number of Topliss-reactive ketones (excluding diaryl/α,β-unsaturated/α-hetero) is 1. The summed E-state index contributed by atoms with van der Waals surface area (Å²) in [6.45, 7) is 14.3. The quantitative estimate of drug-likeness (QED) is 0.227. The molecule has 2 aromatic rings. The van der Waals surface area contributed by atoms with Crippen LogP contribution in [0.4, 0.5) is 0 Å². The third-order valence-electron chi connectivity index (χ3n) is 9.98. The molecule has 0 radical (unpaired) electrons. The fourth-order valence-corrected chi connectivity index (χ4v) is 7.55. The fraction of sp³-hybridized carbons (Fsp3) is 0.459. The Kier molecular flexibility index (Phi) is 9.26. The summed E-state index contributed by atoms with van der Waals surface area (Å²) in [6, 6.07) is 11.5. The van der Waals surface area contributed by atoms with Crippen LogP contribution >= 0.6 is 0 Å². The number of esters is 4. The van der Waals surface area contributed by atoms with E-state index in [4.69, 9.17) is 18.9 Å². The van der Waals surface area contributed by atoms with Crippen molar-refractivity contribution in [3.8, 4) is 0 Å². The van der Waals surface area contributed by atoms with E-state index in [-0.39, 0.29) is 40.4 Å². The second kappa shape index (κ2) is 12.9. The van der Waals surface area contributed by atoms with Crippen LogP contribution in [0.2, 0.25) is 0 Å². The van der Waals surface area contributed by atoms with E-state index in [0.717, 1.165) is 0 Å². The number of carbonyl (C=O) groups excluding carboxylic acids is 5. The molecule has 0 spiro atoms. The van der Waals surface area contributed by atoms with Gasteiger partial charge in [0.2, 0.25) is 5.78 Å². The van der Waals surface area contributed by atoms with E-state index < -0.39 is 65.4 Å². The highest BCUT2D eigenvalue weighted by Gasteiger charge is 2.66. The smallest absolute Gasteiger partial charge is 0.340 e. The molecule has 0 saturated heterocycles. The largest absolute Gasteiger partial charge is 0.458 e. The lowest BCUT2D eigenvalue weighted by atomic mass is 9.76. The van der Waals surface area contributed by atoms with E-state index in [1.54, 1.807) is 56.3 Å². The van der Waals surface area contributed by atoms with Crippen molar-refractivity contribution in [2.24, 2.45) is 29.1 Å². The lowest BCUT2D eigenvalue weighted by Gasteiger charge is -2.40. The number of carbonyl (C=O) groups is 5. The summed E-state index contributed by atoms with van der Waals surface area (Å²) in [5, 5.41) is 0. The normalized spacial score (nSPS) is 31.2. The molecule has 47 heavy (non-hydrogen) atoms. The lowest BCUT2D eigenvalue weighted by molar-refractivity contribution is -0.179. The number of fused-ring (bicyclic) bond motifs is 2. The predicted molar refractivity (Wildman–Crippen MR) is 170 cm³/mol. The van der Waals surface area contributed by atoms with Gasteiger partial charge in [-0.05, 0) is 66.4 Å². The van der Waals surface area contributed by atoms with Gasteiger partial charge >= 0.3 is 23.9 Å². The minimum atomic E-state index is -1.90. The first-order valence-corrected chi connectivity index (χ1v) is 15.8. The van der Waals surface area contributed by atoms with Crippen molar-refractivity contribution in [3.63, 3.8) is 0 Å². The first-order chi connectivity index (χ1) is 22.2. The molecule has 1 aromatic carbocycles. The summed E-state index contributed by atoms with van der Waals surface area (Å²) in [5.41, 5.74) is -1.11. The van der Waals surface area contributed by atoms with Crippen molar-refractivity contribution in [3.05, 3.63) is 89.8 Å². The summed E-state index contributed by atoms with van der Waals surface area (Å²) in [6.07, 6.45) is 1.70. The van der Waals surface area contributed by atoms with Gasteiger partial charge in [-0.3, -0.25) is 19.4 Å². The molecule has 2 saturated carbocycles. The molecule has 248 valence electrons. The number of pyridine rings is 1. The second-order valence-corrected chi connectivity index (χ2v) is 13.5. The van der Waals surface area contributed by atoms with Crippen LogP contribution in [0.3, 0.4) is 0 Å². The average Bonchev–Trinajstić information content (AvgIpc) is 3.41. The van der Waals surface area contributed by atoms with Crippen molar-refractivity contribution in [2.45, 2.75) is 78.3 Å². The SMILES string of the molecule is C=C1[C@H](OC(=O)c2cccnc2)C[C@H]2[C@@H](C=C(C)C(=O)[C@@]3(OC(C)=O)C[C@H](C)[C@H](OC(=O)c4ccccc4)[C@@H]3[C@H]1OC(C)=O)C2(C)C. The highest BCUT2D eigenvalue weighted by atomic mass is 16.6.